The molecule has 0 unspecified atom stereocenters. The number of oxazole rings is 1. The van der Waals surface area contributed by atoms with Gasteiger partial charge in [0.05, 0.1) is 6.20 Å². The molecule has 20 heavy (non-hydrogen) atoms. The highest BCUT2D eigenvalue weighted by Crippen LogP contribution is 2.34. The molecule has 4 nitrogen and oxygen atoms in total. The van der Waals surface area contributed by atoms with Gasteiger partial charge in [0.2, 0.25) is 5.89 Å². The van der Waals surface area contributed by atoms with Crippen LogP contribution in [0.25, 0.3) is 0 Å². The molecule has 1 fully saturated rings. The molecule has 1 aliphatic heterocycles. The third kappa shape index (κ3) is 2.67. The van der Waals surface area contributed by atoms with Crippen LogP contribution >= 0.6 is 11.6 Å². The summed E-state index contributed by atoms with van der Waals surface area (Å²) in [5, 5.41) is 4.06. The van der Waals surface area contributed by atoms with Crippen LogP contribution in [0.5, 0.6) is 5.75 Å². The number of nitrogens with zero attached hydrogens (tertiary/aromatic N) is 1. The number of halogens is 1. The molecule has 0 saturated carbocycles. The van der Waals surface area contributed by atoms with E-state index in [9.17, 15) is 0 Å². The smallest absolute Gasteiger partial charge is 0.235 e. The van der Waals surface area contributed by atoms with Crippen molar-refractivity contribution in [3.05, 3.63) is 47.1 Å². The standard InChI is InChI=1S/C15H17ClN2O2/c1-10-12(16)3-2-4-13(10)20-14(11-5-6-17-9-11)15-18-7-8-19-15/h2-4,7-8,11,14,17H,5-6,9H2,1H3/t11-,14+/m0/s1. The summed E-state index contributed by atoms with van der Waals surface area (Å²) in [7, 11) is 0. The molecule has 2 atom stereocenters. The van der Waals surface area contributed by atoms with Gasteiger partial charge in [-0.3, -0.25) is 0 Å². The van der Waals surface area contributed by atoms with Crippen molar-refractivity contribution in [3.8, 4) is 5.75 Å². The highest BCUT2D eigenvalue weighted by Gasteiger charge is 2.31. The third-order valence-corrected chi connectivity index (χ3v) is 4.10. The molecule has 1 aromatic heterocycles. The lowest BCUT2D eigenvalue weighted by Crippen LogP contribution is -2.22. The first-order chi connectivity index (χ1) is 9.75. The average Bonchev–Trinajstić information content (AvgIpc) is 3.13. The molecule has 0 amide bonds. The van der Waals surface area contributed by atoms with E-state index in [-0.39, 0.29) is 6.10 Å². The highest BCUT2D eigenvalue weighted by molar-refractivity contribution is 6.31. The number of aromatic nitrogens is 1. The van der Waals surface area contributed by atoms with Gasteiger partial charge in [-0.1, -0.05) is 17.7 Å². The van der Waals surface area contributed by atoms with Gasteiger partial charge in [0.1, 0.15) is 12.0 Å². The quantitative estimate of drug-likeness (QED) is 0.938. The van der Waals surface area contributed by atoms with E-state index < -0.39 is 0 Å². The second-order valence-corrected chi connectivity index (χ2v) is 5.43. The maximum Gasteiger partial charge on any atom is 0.235 e. The predicted octanol–water partition coefficient (Wildman–Crippen LogP) is 3.37. The van der Waals surface area contributed by atoms with Crippen LogP contribution in [0.15, 0.2) is 35.1 Å². The molecule has 106 valence electrons. The Labute approximate surface area is 123 Å². The maximum absolute atomic E-state index is 6.17. The number of benzene rings is 1. The Morgan fingerprint density at radius 2 is 2.40 bits per heavy atom. The number of ether oxygens (including phenoxy) is 1. The van der Waals surface area contributed by atoms with Crippen LogP contribution in [0.4, 0.5) is 0 Å². The minimum atomic E-state index is -0.183. The minimum Gasteiger partial charge on any atom is -0.480 e. The van der Waals surface area contributed by atoms with Gasteiger partial charge >= 0.3 is 0 Å². The molecule has 1 aromatic carbocycles. The Hall–Kier alpha value is -1.52. The van der Waals surface area contributed by atoms with Crippen molar-refractivity contribution >= 4 is 11.6 Å². The zero-order valence-corrected chi connectivity index (χ0v) is 12.1. The summed E-state index contributed by atoms with van der Waals surface area (Å²) in [5.41, 5.74) is 0.941. The molecule has 5 heteroatoms. The SMILES string of the molecule is Cc1c(Cl)cccc1O[C@@H](c1ncco1)[C@H]1CCNC1. The second kappa shape index (κ2) is 5.85. The lowest BCUT2D eigenvalue weighted by molar-refractivity contribution is 0.113. The zero-order chi connectivity index (χ0) is 13.9. The van der Waals surface area contributed by atoms with Gasteiger partial charge in [-0.2, -0.15) is 0 Å². The Morgan fingerprint density at radius 1 is 1.50 bits per heavy atom. The van der Waals surface area contributed by atoms with Gasteiger partial charge in [-0.15, -0.1) is 0 Å². The van der Waals surface area contributed by atoms with Crippen molar-refractivity contribution in [1.29, 1.82) is 0 Å². The lowest BCUT2D eigenvalue weighted by Gasteiger charge is -2.22. The summed E-state index contributed by atoms with van der Waals surface area (Å²) < 4.78 is 11.6. The largest absolute Gasteiger partial charge is 0.480 e. The molecule has 1 N–H and O–H groups in total. The van der Waals surface area contributed by atoms with Crippen LogP contribution in [-0.4, -0.2) is 18.1 Å². The van der Waals surface area contributed by atoms with Crippen molar-refractivity contribution in [1.82, 2.24) is 10.3 Å². The summed E-state index contributed by atoms with van der Waals surface area (Å²) in [5.74, 6) is 1.76. The first-order valence-corrected chi connectivity index (χ1v) is 7.15. The van der Waals surface area contributed by atoms with E-state index in [1.54, 1.807) is 12.5 Å². The molecular weight excluding hydrogens is 276 g/mol. The van der Waals surface area contributed by atoms with E-state index >= 15 is 0 Å². The molecule has 0 radical (unpaired) electrons. The van der Waals surface area contributed by atoms with Crippen LogP contribution in [0.1, 0.15) is 24.0 Å². The number of nitrogens with one attached hydrogen (secondary N) is 1. The highest BCUT2D eigenvalue weighted by atomic mass is 35.5. The molecule has 0 spiro atoms. The van der Waals surface area contributed by atoms with Crippen LogP contribution in [0.2, 0.25) is 5.02 Å². The van der Waals surface area contributed by atoms with E-state index in [0.717, 1.165) is 30.8 Å². The van der Waals surface area contributed by atoms with Crippen LogP contribution in [0, 0.1) is 12.8 Å². The van der Waals surface area contributed by atoms with E-state index in [1.807, 2.05) is 25.1 Å². The molecule has 2 heterocycles. The lowest BCUT2D eigenvalue weighted by atomic mass is 10.0. The maximum atomic E-state index is 6.17. The monoisotopic (exact) mass is 292 g/mol. The number of rotatable bonds is 4. The number of hydrogen-bond donors (Lipinski definition) is 1. The Balaban J connectivity index is 1.88. The van der Waals surface area contributed by atoms with E-state index in [0.29, 0.717) is 16.8 Å². The summed E-state index contributed by atoms with van der Waals surface area (Å²) >= 11 is 6.15. The van der Waals surface area contributed by atoms with Gasteiger partial charge in [0.25, 0.3) is 0 Å². The number of hydrogen-bond acceptors (Lipinski definition) is 4. The van der Waals surface area contributed by atoms with Gasteiger partial charge in [0.15, 0.2) is 6.10 Å². The molecule has 0 bridgehead atoms. The molecule has 1 aliphatic rings. The van der Waals surface area contributed by atoms with E-state index in [1.165, 1.54) is 0 Å². The van der Waals surface area contributed by atoms with E-state index in [2.05, 4.69) is 10.3 Å². The fourth-order valence-electron chi connectivity index (χ4n) is 2.51. The molecule has 3 rings (SSSR count). The van der Waals surface area contributed by atoms with Gasteiger partial charge in [0, 0.05) is 23.0 Å². The van der Waals surface area contributed by atoms with Crippen LogP contribution < -0.4 is 10.1 Å². The van der Waals surface area contributed by atoms with Crippen molar-refractivity contribution < 1.29 is 9.15 Å². The van der Waals surface area contributed by atoms with Crippen molar-refractivity contribution in [2.75, 3.05) is 13.1 Å². The third-order valence-electron chi connectivity index (χ3n) is 3.69. The minimum absolute atomic E-state index is 0.183. The van der Waals surface area contributed by atoms with Gasteiger partial charge in [-0.05, 0) is 32.0 Å². The molecule has 2 aromatic rings. The topological polar surface area (TPSA) is 47.3 Å². The Kier molecular flexibility index (Phi) is 3.94. The van der Waals surface area contributed by atoms with Gasteiger partial charge < -0.3 is 14.5 Å². The Morgan fingerprint density at radius 3 is 3.10 bits per heavy atom. The second-order valence-electron chi connectivity index (χ2n) is 5.02. The van der Waals surface area contributed by atoms with Crippen molar-refractivity contribution in [2.24, 2.45) is 5.92 Å². The van der Waals surface area contributed by atoms with Crippen LogP contribution in [0.3, 0.4) is 0 Å². The van der Waals surface area contributed by atoms with Crippen LogP contribution in [-0.2, 0) is 0 Å². The summed E-state index contributed by atoms with van der Waals surface area (Å²) in [6, 6.07) is 5.69. The van der Waals surface area contributed by atoms with Crippen molar-refractivity contribution in [3.63, 3.8) is 0 Å². The normalized spacial score (nSPS) is 20.0. The molecular formula is C15H17ClN2O2. The molecule has 0 aliphatic carbocycles. The average molecular weight is 293 g/mol. The predicted molar refractivity (Wildman–Crippen MR) is 77.0 cm³/mol. The van der Waals surface area contributed by atoms with E-state index in [4.69, 9.17) is 20.8 Å². The molecule has 1 saturated heterocycles. The van der Waals surface area contributed by atoms with Crippen molar-refractivity contribution in [2.45, 2.75) is 19.4 Å². The fraction of sp³-hybridized carbons (Fsp3) is 0.400. The first kappa shape index (κ1) is 13.5. The van der Waals surface area contributed by atoms with Gasteiger partial charge in [-0.25, -0.2) is 4.98 Å². The summed E-state index contributed by atoms with van der Waals surface area (Å²) in [4.78, 5) is 4.26. The summed E-state index contributed by atoms with van der Waals surface area (Å²) in [6.07, 6.45) is 4.10. The first-order valence-electron chi connectivity index (χ1n) is 6.77. The zero-order valence-electron chi connectivity index (χ0n) is 11.3. The summed E-state index contributed by atoms with van der Waals surface area (Å²) in [6.45, 7) is 3.86. The Bertz CT molecular complexity index is 565. The fourth-order valence-corrected chi connectivity index (χ4v) is 2.68.